The molecular weight excluding hydrogens is 600 g/mol. The van der Waals surface area contributed by atoms with Crippen molar-refractivity contribution in [2.45, 2.75) is 231 Å². The Labute approximate surface area is 298 Å². The van der Waals surface area contributed by atoms with Crippen LogP contribution in [0.4, 0.5) is 0 Å². The van der Waals surface area contributed by atoms with Gasteiger partial charge in [-0.3, -0.25) is 4.79 Å². The van der Waals surface area contributed by atoms with E-state index in [1.807, 2.05) is 0 Å². The van der Waals surface area contributed by atoms with Gasteiger partial charge in [-0.25, -0.2) is 0 Å². The van der Waals surface area contributed by atoms with E-state index in [1.165, 1.54) is 141 Å². The molecule has 0 radical (unpaired) electrons. The number of rotatable bonds is 39. The number of aliphatic hydroxyl groups excluding tert-OH is 3. The molecule has 286 valence electrons. The summed E-state index contributed by atoms with van der Waals surface area (Å²) in [5, 5.41) is 29.6. The van der Waals surface area contributed by atoms with E-state index in [-0.39, 0.29) is 19.2 Å². The van der Waals surface area contributed by atoms with Crippen molar-refractivity contribution in [1.82, 2.24) is 0 Å². The van der Waals surface area contributed by atoms with Crippen LogP contribution in [0.2, 0.25) is 0 Å². The van der Waals surface area contributed by atoms with Gasteiger partial charge in [0.1, 0.15) is 18.8 Å². The lowest BCUT2D eigenvalue weighted by Crippen LogP contribution is -2.38. The highest BCUT2D eigenvalue weighted by Crippen LogP contribution is 2.17. The Kier molecular flexibility index (Phi) is 38.1. The summed E-state index contributed by atoms with van der Waals surface area (Å²) < 4.78 is 11.3. The normalized spacial score (nSPS) is 13.7. The van der Waals surface area contributed by atoms with Crippen LogP contribution in [0, 0.1) is 0 Å². The second-order valence-corrected chi connectivity index (χ2v) is 14.3. The largest absolute Gasteiger partial charge is 0.463 e. The van der Waals surface area contributed by atoms with Crippen LogP contribution in [-0.4, -0.2) is 59.4 Å². The molecule has 6 heteroatoms. The first-order chi connectivity index (χ1) is 23.6. The minimum atomic E-state index is -1.01. The van der Waals surface area contributed by atoms with Gasteiger partial charge in [0.25, 0.3) is 0 Å². The molecule has 0 bridgehead atoms. The molecule has 3 unspecified atom stereocenters. The Morgan fingerprint density at radius 3 is 1.35 bits per heavy atom. The minimum absolute atomic E-state index is 0.0337. The van der Waals surface area contributed by atoms with Crippen molar-refractivity contribution >= 4 is 5.97 Å². The molecule has 0 rings (SSSR count). The number of unbranched alkanes of at least 4 members (excludes halogenated alkanes) is 26. The first kappa shape index (κ1) is 47.0. The Bertz CT molecular complexity index is 669. The highest BCUT2D eigenvalue weighted by atomic mass is 16.6. The summed E-state index contributed by atoms with van der Waals surface area (Å²) in [6.07, 6.45) is 39.9. The van der Waals surface area contributed by atoms with Gasteiger partial charge in [-0.1, -0.05) is 180 Å². The molecule has 48 heavy (non-hydrogen) atoms. The molecule has 0 saturated carbocycles. The number of allylic oxidation sites excluding steroid dienone is 2. The van der Waals surface area contributed by atoms with Gasteiger partial charge in [0.15, 0.2) is 0 Å². The Morgan fingerprint density at radius 2 is 0.938 bits per heavy atom. The third kappa shape index (κ3) is 33.5. The van der Waals surface area contributed by atoms with Crippen molar-refractivity contribution in [2.75, 3.05) is 19.8 Å². The summed E-state index contributed by atoms with van der Waals surface area (Å²) in [6.45, 7) is 3.81. The molecule has 3 atom stereocenters. The molecule has 0 amide bonds. The van der Waals surface area contributed by atoms with Gasteiger partial charge in [0.2, 0.25) is 0 Å². The second kappa shape index (κ2) is 38.8. The van der Waals surface area contributed by atoms with Crippen LogP contribution >= 0.6 is 0 Å². The lowest BCUT2D eigenvalue weighted by molar-refractivity contribution is -0.157. The molecule has 0 fully saturated rings. The smallest absolute Gasteiger partial charge is 0.305 e. The van der Waals surface area contributed by atoms with E-state index in [0.29, 0.717) is 12.8 Å². The zero-order valence-electron chi connectivity index (χ0n) is 32.0. The van der Waals surface area contributed by atoms with E-state index in [1.54, 1.807) is 0 Å². The summed E-state index contributed by atoms with van der Waals surface area (Å²) in [5.41, 5.74) is 0. The molecule has 0 heterocycles. The van der Waals surface area contributed by atoms with Crippen molar-refractivity contribution in [3.8, 4) is 0 Å². The fourth-order valence-electron chi connectivity index (χ4n) is 6.34. The minimum Gasteiger partial charge on any atom is -0.463 e. The SMILES string of the molecule is CCCCCCCC/C=C\CCCCCCCC(=O)OCC(CO)OC(CCCCCCCCCCCCCCCCCC)C(O)CO. The maximum Gasteiger partial charge on any atom is 0.305 e. The van der Waals surface area contributed by atoms with E-state index < -0.39 is 24.9 Å². The third-order valence-corrected chi connectivity index (χ3v) is 9.60. The van der Waals surface area contributed by atoms with E-state index in [9.17, 15) is 20.1 Å². The van der Waals surface area contributed by atoms with Crippen LogP contribution < -0.4 is 0 Å². The first-order valence-corrected chi connectivity index (χ1v) is 20.9. The summed E-state index contributed by atoms with van der Waals surface area (Å²) >= 11 is 0. The number of esters is 1. The van der Waals surface area contributed by atoms with E-state index >= 15 is 0 Å². The van der Waals surface area contributed by atoms with Crippen LogP contribution in [0.5, 0.6) is 0 Å². The van der Waals surface area contributed by atoms with Crippen LogP contribution in [0.15, 0.2) is 12.2 Å². The lowest BCUT2D eigenvalue weighted by Gasteiger charge is -2.26. The molecule has 6 nitrogen and oxygen atoms in total. The van der Waals surface area contributed by atoms with Gasteiger partial charge in [-0.15, -0.1) is 0 Å². The van der Waals surface area contributed by atoms with Crippen LogP contribution in [0.3, 0.4) is 0 Å². The Morgan fingerprint density at radius 1 is 0.542 bits per heavy atom. The van der Waals surface area contributed by atoms with Crippen molar-refractivity contribution in [3.63, 3.8) is 0 Å². The highest BCUT2D eigenvalue weighted by molar-refractivity contribution is 5.69. The van der Waals surface area contributed by atoms with Crippen molar-refractivity contribution in [2.24, 2.45) is 0 Å². The van der Waals surface area contributed by atoms with E-state index in [4.69, 9.17) is 9.47 Å². The molecule has 0 aromatic rings. The maximum absolute atomic E-state index is 12.3. The topological polar surface area (TPSA) is 96.2 Å². The number of carbonyl (C=O) groups excluding carboxylic acids is 1. The lowest BCUT2D eigenvalue weighted by atomic mass is 10.0. The van der Waals surface area contributed by atoms with Crippen LogP contribution in [0.25, 0.3) is 0 Å². The van der Waals surface area contributed by atoms with Gasteiger partial charge in [0, 0.05) is 6.42 Å². The molecule has 0 aliphatic rings. The summed E-state index contributed by atoms with van der Waals surface area (Å²) in [7, 11) is 0. The Balaban J connectivity index is 3.84. The summed E-state index contributed by atoms with van der Waals surface area (Å²) in [6, 6.07) is 0. The van der Waals surface area contributed by atoms with Gasteiger partial charge >= 0.3 is 5.97 Å². The average molecular weight is 683 g/mol. The zero-order chi connectivity index (χ0) is 35.2. The average Bonchev–Trinajstić information content (AvgIpc) is 3.10. The molecular formula is C42H82O6. The third-order valence-electron chi connectivity index (χ3n) is 9.60. The molecule has 0 aromatic heterocycles. The van der Waals surface area contributed by atoms with Crippen molar-refractivity contribution in [3.05, 3.63) is 12.2 Å². The molecule has 0 spiro atoms. The fourth-order valence-corrected chi connectivity index (χ4v) is 6.34. The zero-order valence-corrected chi connectivity index (χ0v) is 32.0. The summed E-state index contributed by atoms with van der Waals surface area (Å²) in [5.74, 6) is -0.272. The van der Waals surface area contributed by atoms with Crippen molar-refractivity contribution in [1.29, 1.82) is 0 Å². The standard InChI is InChI=1S/C42H82O6/c1-3-5-7-9-11-13-15-17-19-21-22-24-26-28-30-32-34-41(40(45)37-44)48-39(36-43)38-47-42(46)35-33-31-29-27-25-23-20-18-16-14-12-10-8-6-4-2/h18,20,39-41,43-45H,3-17,19,21-38H2,1-2H3/b20-18-. The molecule has 0 aromatic carbocycles. The quantitative estimate of drug-likeness (QED) is 0.0339. The summed E-state index contributed by atoms with van der Waals surface area (Å²) in [4.78, 5) is 12.3. The number of hydrogen-bond acceptors (Lipinski definition) is 6. The van der Waals surface area contributed by atoms with Gasteiger partial charge in [-0.05, 0) is 38.5 Å². The fraction of sp³-hybridized carbons (Fsp3) is 0.929. The first-order valence-electron chi connectivity index (χ1n) is 20.9. The predicted octanol–water partition coefficient (Wildman–Crippen LogP) is 11.3. The molecule has 3 N–H and O–H groups in total. The molecule has 0 aliphatic carbocycles. The number of aliphatic hydroxyl groups is 3. The van der Waals surface area contributed by atoms with Crippen LogP contribution in [0.1, 0.15) is 213 Å². The predicted molar refractivity (Wildman–Crippen MR) is 203 cm³/mol. The van der Waals surface area contributed by atoms with E-state index in [2.05, 4.69) is 26.0 Å². The van der Waals surface area contributed by atoms with Crippen LogP contribution in [-0.2, 0) is 14.3 Å². The second-order valence-electron chi connectivity index (χ2n) is 14.3. The number of hydrogen-bond donors (Lipinski definition) is 3. The van der Waals surface area contributed by atoms with Gasteiger partial charge in [-0.2, -0.15) is 0 Å². The van der Waals surface area contributed by atoms with Gasteiger partial charge in [0.05, 0.1) is 19.3 Å². The van der Waals surface area contributed by atoms with Gasteiger partial charge < -0.3 is 24.8 Å². The maximum atomic E-state index is 12.3. The van der Waals surface area contributed by atoms with Crippen molar-refractivity contribution < 1.29 is 29.6 Å². The number of ether oxygens (including phenoxy) is 2. The molecule has 0 aliphatic heterocycles. The highest BCUT2D eigenvalue weighted by Gasteiger charge is 2.24. The monoisotopic (exact) mass is 683 g/mol. The van der Waals surface area contributed by atoms with E-state index in [0.717, 1.165) is 44.9 Å². The molecule has 0 saturated heterocycles. The Hall–Kier alpha value is -0.950. The number of carbonyl (C=O) groups is 1.